The van der Waals surface area contributed by atoms with E-state index in [9.17, 15) is 13.2 Å². The van der Waals surface area contributed by atoms with Gasteiger partial charge in [-0.25, -0.2) is 13.1 Å². The highest BCUT2D eigenvalue weighted by Gasteiger charge is 2.11. The van der Waals surface area contributed by atoms with Crippen LogP contribution in [0.5, 0.6) is 0 Å². The van der Waals surface area contributed by atoms with E-state index in [0.717, 1.165) is 0 Å². The molecule has 1 aromatic carbocycles. The van der Waals surface area contributed by atoms with Crippen molar-refractivity contribution < 1.29 is 13.2 Å². The molecule has 0 spiro atoms. The molecule has 0 saturated carbocycles. The van der Waals surface area contributed by atoms with Gasteiger partial charge in [0.05, 0.1) is 4.90 Å². The molecule has 0 bridgehead atoms. The van der Waals surface area contributed by atoms with Crippen LogP contribution in [0, 0.1) is 0 Å². The molecule has 0 heterocycles. The molecule has 1 aromatic rings. The zero-order valence-electron chi connectivity index (χ0n) is 11.0. The number of nitrogens with two attached hydrogens (primary N) is 1. The lowest BCUT2D eigenvalue weighted by atomic mass is 10.2. The number of rotatable bonds is 6. The zero-order valence-corrected chi connectivity index (χ0v) is 11.8. The molecule has 0 aliphatic rings. The first-order chi connectivity index (χ1) is 8.85. The van der Waals surface area contributed by atoms with E-state index in [1.807, 2.05) is 0 Å². The molecule has 0 saturated heterocycles. The third-order valence-electron chi connectivity index (χ3n) is 2.47. The highest BCUT2D eigenvalue weighted by Crippen LogP contribution is 2.10. The van der Waals surface area contributed by atoms with Crippen LogP contribution in [0.25, 0.3) is 0 Å². The summed E-state index contributed by atoms with van der Waals surface area (Å²) in [6, 6.07) is 6.21. The second kappa shape index (κ2) is 6.65. The first kappa shape index (κ1) is 15.6. The summed E-state index contributed by atoms with van der Waals surface area (Å²) < 4.78 is 25.5. The van der Waals surface area contributed by atoms with Crippen molar-refractivity contribution >= 4 is 15.9 Å². The number of sulfonamides is 1. The number of hydrogen-bond acceptors (Lipinski definition) is 4. The molecule has 0 radical (unpaired) electrons. The van der Waals surface area contributed by atoms with Crippen LogP contribution in [0.15, 0.2) is 29.2 Å². The lowest BCUT2D eigenvalue weighted by Crippen LogP contribution is -2.29. The largest absolute Gasteiger partial charge is 0.352 e. The van der Waals surface area contributed by atoms with Gasteiger partial charge in [0.15, 0.2) is 0 Å². The Morgan fingerprint density at radius 1 is 1.42 bits per heavy atom. The Morgan fingerprint density at radius 2 is 2.11 bits per heavy atom. The molecule has 0 aliphatic heterocycles. The zero-order chi connectivity index (χ0) is 14.5. The van der Waals surface area contributed by atoms with E-state index in [1.165, 1.54) is 19.2 Å². The van der Waals surface area contributed by atoms with Gasteiger partial charge in [0.1, 0.15) is 0 Å². The number of nitrogens with one attached hydrogen (secondary N) is 2. The van der Waals surface area contributed by atoms with Crippen LogP contribution in [-0.2, 0) is 21.4 Å². The minimum Gasteiger partial charge on any atom is -0.352 e. The van der Waals surface area contributed by atoms with Crippen molar-refractivity contribution in [3.63, 3.8) is 0 Å². The molecule has 6 nitrogen and oxygen atoms in total. The summed E-state index contributed by atoms with van der Waals surface area (Å²) in [5.41, 5.74) is 6.23. The number of benzene rings is 1. The molecule has 1 atom stereocenters. The third kappa shape index (κ3) is 4.98. The van der Waals surface area contributed by atoms with Crippen LogP contribution in [0.1, 0.15) is 18.9 Å². The Bertz CT molecular complexity index is 541. The first-order valence-corrected chi connectivity index (χ1v) is 7.38. The van der Waals surface area contributed by atoms with Crippen LogP contribution < -0.4 is 15.8 Å². The van der Waals surface area contributed by atoms with Crippen molar-refractivity contribution in [1.29, 1.82) is 0 Å². The summed E-state index contributed by atoms with van der Waals surface area (Å²) in [5.74, 6) is -0.156. The van der Waals surface area contributed by atoms with Crippen LogP contribution in [0.3, 0.4) is 0 Å². The topological polar surface area (TPSA) is 101 Å². The van der Waals surface area contributed by atoms with Gasteiger partial charge >= 0.3 is 0 Å². The molecule has 0 aliphatic carbocycles. The van der Waals surface area contributed by atoms with E-state index in [0.29, 0.717) is 5.56 Å². The molecule has 1 unspecified atom stereocenters. The SMILES string of the molecule is CNS(=O)(=O)c1cccc(CNC(=O)CC(C)N)c1. The van der Waals surface area contributed by atoms with Crippen molar-refractivity contribution in [1.82, 2.24) is 10.0 Å². The Morgan fingerprint density at radius 3 is 2.68 bits per heavy atom. The number of hydrogen-bond donors (Lipinski definition) is 3. The predicted octanol–water partition coefficient (Wildman–Crippen LogP) is -0.0518. The highest BCUT2D eigenvalue weighted by atomic mass is 32.2. The standard InChI is InChI=1S/C12H19N3O3S/c1-9(13)6-12(16)15-8-10-4-3-5-11(7-10)19(17,18)14-2/h3-5,7,9,14H,6,8,13H2,1-2H3,(H,15,16). The van der Waals surface area contributed by atoms with Gasteiger partial charge in [0.25, 0.3) is 0 Å². The molecule has 4 N–H and O–H groups in total. The van der Waals surface area contributed by atoms with E-state index < -0.39 is 10.0 Å². The predicted molar refractivity (Wildman–Crippen MR) is 72.8 cm³/mol. The van der Waals surface area contributed by atoms with Gasteiger partial charge < -0.3 is 11.1 Å². The van der Waals surface area contributed by atoms with Crippen molar-refractivity contribution in [2.24, 2.45) is 5.73 Å². The fourth-order valence-corrected chi connectivity index (χ4v) is 2.31. The average Bonchev–Trinajstić information content (AvgIpc) is 2.36. The van der Waals surface area contributed by atoms with Crippen molar-refractivity contribution in [3.8, 4) is 0 Å². The van der Waals surface area contributed by atoms with Crippen LogP contribution in [0.2, 0.25) is 0 Å². The quantitative estimate of drug-likeness (QED) is 0.682. The molecule has 1 amide bonds. The maximum absolute atomic E-state index is 11.6. The summed E-state index contributed by atoms with van der Waals surface area (Å²) >= 11 is 0. The van der Waals surface area contributed by atoms with E-state index in [4.69, 9.17) is 5.73 Å². The first-order valence-electron chi connectivity index (χ1n) is 5.90. The lowest BCUT2D eigenvalue weighted by Gasteiger charge is -2.08. The monoisotopic (exact) mass is 285 g/mol. The molecular formula is C12H19N3O3S. The summed E-state index contributed by atoms with van der Waals surface area (Å²) in [6.07, 6.45) is 0.245. The van der Waals surface area contributed by atoms with Crippen LogP contribution in [-0.4, -0.2) is 27.4 Å². The van der Waals surface area contributed by atoms with Crippen molar-refractivity contribution in [2.75, 3.05) is 7.05 Å². The van der Waals surface area contributed by atoms with Gasteiger partial charge in [-0.05, 0) is 31.7 Å². The molecule has 7 heteroatoms. The highest BCUT2D eigenvalue weighted by molar-refractivity contribution is 7.89. The van der Waals surface area contributed by atoms with E-state index >= 15 is 0 Å². The van der Waals surface area contributed by atoms with Gasteiger partial charge in [0.2, 0.25) is 15.9 Å². The molecule has 0 aromatic heterocycles. The molecule has 106 valence electrons. The summed E-state index contributed by atoms with van der Waals surface area (Å²) in [4.78, 5) is 11.6. The minimum absolute atomic E-state index is 0.156. The maximum Gasteiger partial charge on any atom is 0.240 e. The van der Waals surface area contributed by atoms with Gasteiger partial charge in [-0.2, -0.15) is 0 Å². The Kier molecular flexibility index (Phi) is 5.46. The van der Waals surface area contributed by atoms with Crippen molar-refractivity contribution in [3.05, 3.63) is 29.8 Å². The Hall–Kier alpha value is -1.44. The van der Waals surface area contributed by atoms with Crippen molar-refractivity contribution in [2.45, 2.75) is 30.8 Å². The second-order valence-electron chi connectivity index (χ2n) is 4.31. The molecule has 1 rings (SSSR count). The number of carbonyl (C=O) groups excluding carboxylic acids is 1. The van der Waals surface area contributed by atoms with Crippen LogP contribution >= 0.6 is 0 Å². The van der Waals surface area contributed by atoms with Gasteiger partial charge in [-0.15, -0.1) is 0 Å². The Labute approximate surface area is 113 Å². The van der Waals surface area contributed by atoms with Crippen LogP contribution in [0.4, 0.5) is 0 Å². The third-order valence-corrected chi connectivity index (χ3v) is 3.89. The Balaban J connectivity index is 2.71. The minimum atomic E-state index is -3.46. The van der Waals surface area contributed by atoms with E-state index in [2.05, 4.69) is 10.0 Å². The fraction of sp³-hybridized carbons (Fsp3) is 0.417. The summed E-state index contributed by atoms with van der Waals surface area (Å²) in [7, 11) is -2.11. The number of amides is 1. The van der Waals surface area contributed by atoms with Gasteiger partial charge in [0, 0.05) is 19.0 Å². The summed E-state index contributed by atoms with van der Waals surface area (Å²) in [5, 5.41) is 2.69. The second-order valence-corrected chi connectivity index (χ2v) is 6.20. The molecular weight excluding hydrogens is 266 g/mol. The average molecular weight is 285 g/mol. The maximum atomic E-state index is 11.6. The fourth-order valence-electron chi connectivity index (χ4n) is 1.51. The molecule has 19 heavy (non-hydrogen) atoms. The summed E-state index contributed by atoms with van der Waals surface area (Å²) in [6.45, 7) is 2.03. The van der Waals surface area contributed by atoms with E-state index in [-0.39, 0.29) is 29.8 Å². The lowest BCUT2D eigenvalue weighted by molar-refractivity contribution is -0.121. The smallest absolute Gasteiger partial charge is 0.240 e. The van der Waals surface area contributed by atoms with Gasteiger partial charge in [-0.1, -0.05) is 12.1 Å². The molecule has 0 fully saturated rings. The van der Waals surface area contributed by atoms with E-state index in [1.54, 1.807) is 19.1 Å². The number of carbonyl (C=O) groups is 1. The van der Waals surface area contributed by atoms with Gasteiger partial charge in [-0.3, -0.25) is 4.79 Å². The normalized spacial score (nSPS) is 13.0.